The molecule has 1 heterocycles. The Balaban J connectivity index is 2.54. The van der Waals surface area contributed by atoms with Crippen LogP contribution in [0.15, 0.2) is 21.0 Å². The molecular formula is C13H12BrNO5. The molecule has 0 saturated carbocycles. The summed E-state index contributed by atoms with van der Waals surface area (Å²) in [7, 11) is 1.30. The lowest BCUT2D eigenvalue weighted by Crippen LogP contribution is -2.20. The van der Waals surface area contributed by atoms with Crippen molar-refractivity contribution in [2.24, 2.45) is 5.73 Å². The molecular weight excluding hydrogens is 330 g/mol. The summed E-state index contributed by atoms with van der Waals surface area (Å²) in [5.74, 6) is -0.244. The fourth-order valence-electron chi connectivity index (χ4n) is 1.84. The summed E-state index contributed by atoms with van der Waals surface area (Å²) >= 11 is 3.30. The van der Waals surface area contributed by atoms with Crippen molar-refractivity contribution in [3.8, 4) is 5.75 Å². The van der Waals surface area contributed by atoms with Crippen molar-refractivity contribution in [1.82, 2.24) is 0 Å². The molecule has 2 rings (SSSR count). The maximum atomic E-state index is 11.8. The second-order valence-electron chi connectivity index (χ2n) is 4.06. The van der Waals surface area contributed by atoms with Gasteiger partial charge in [0.15, 0.2) is 6.61 Å². The van der Waals surface area contributed by atoms with Gasteiger partial charge in [0.05, 0.1) is 11.6 Å². The Morgan fingerprint density at radius 1 is 1.40 bits per heavy atom. The first-order chi connectivity index (χ1) is 9.43. The molecule has 1 aromatic carbocycles. The molecule has 2 N–H and O–H groups in total. The number of rotatable bonds is 4. The van der Waals surface area contributed by atoms with E-state index >= 15 is 0 Å². The van der Waals surface area contributed by atoms with Crippen LogP contribution in [0.1, 0.15) is 16.1 Å². The third-order valence-corrected chi connectivity index (χ3v) is 3.30. The van der Waals surface area contributed by atoms with Crippen LogP contribution in [0.5, 0.6) is 5.75 Å². The molecule has 1 amide bonds. The minimum Gasteiger partial charge on any atom is -0.483 e. The van der Waals surface area contributed by atoms with Crippen molar-refractivity contribution in [1.29, 1.82) is 0 Å². The number of carbonyl (C=O) groups is 2. The second-order valence-corrected chi connectivity index (χ2v) is 4.91. The molecule has 0 saturated heterocycles. The van der Waals surface area contributed by atoms with E-state index in [1.807, 2.05) is 0 Å². The largest absolute Gasteiger partial charge is 0.483 e. The molecule has 6 nitrogen and oxygen atoms in total. The molecule has 0 radical (unpaired) electrons. The molecule has 0 aliphatic rings. The summed E-state index contributed by atoms with van der Waals surface area (Å²) < 4.78 is 16.1. The number of primary amides is 1. The van der Waals surface area contributed by atoms with Crippen molar-refractivity contribution in [2.75, 3.05) is 13.7 Å². The summed E-state index contributed by atoms with van der Waals surface area (Å²) in [5.41, 5.74) is 5.88. The lowest BCUT2D eigenvalue weighted by Gasteiger charge is -2.06. The minimum absolute atomic E-state index is 0.255. The molecule has 106 valence electrons. The molecule has 0 bridgehead atoms. The van der Waals surface area contributed by atoms with Gasteiger partial charge in [0.2, 0.25) is 0 Å². The highest BCUT2D eigenvalue weighted by atomic mass is 79.9. The topological polar surface area (TPSA) is 91.8 Å². The maximum absolute atomic E-state index is 11.8. The second kappa shape index (κ2) is 5.54. The number of carbonyl (C=O) groups excluding carboxylic acids is 2. The number of ether oxygens (including phenoxy) is 2. The first kappa shape index (κ1) is 14.4. The molecule has 1 aromatic heterocycles. The summed E-state index contributed by atoms with van der Waals surface area (Å²) in [5, 5.41) is 0.553. The predicted octanol–water partition coefficient (Wildman–Crippen LogP) is 2.15. The number of hydrogen-bond acceptors (Lipinski definition) is 5. The van der Waals surface area contributed by atoms with Crippen molar-refractivity contribution in [3.63, 3.8) is 0 Å². The standard InChI is InChI=1S/C13H12BrNO5/c1-6-12(13(17)18-2)7-3-10(19-5-11(15)16)8(14)4-9(7)20-6/h3-4H,5H2,1-2H3,(H2,15,16). The summed E-state index contributed by atoms with van der Waals surface area (Å²) in [6, 6.07) is 3.26. The Bertz CT molecular complexity index is 692. The van der Waals surface area contributed by atoms with Crippen LogP contribution in [-0.4, -0.2) is 25.6 Å². The van der Waals surface area contributed by atoms with E-state index in [-0.39, 0.29) is 6.61 Å². The van der Waals surface area contributed by atoms with E-state index < -0.39 is 11.9 Å². The number of aryl methyl sites for hydroxylation is 1. The first-order valence-corrected chi connectivity index (χ1v) is 6.45. The van der Waals surface area contributed by atoms with Crippen LogP contribution in [-0.2, 0) is 9.53 Å². The van der Waals surface area contributed by atoms with E-state index in [2.05, 4.69) is 15.9 Å². The van der Waals surface area contributed by atoms with Gasteiger partial charge in [-0.1, -0.05) is 0 Å². The van der Waals surface area contributed by atoms with Crippen molar-refractivity contribution in [3.05, 3.63) is 27.9 Å². The molecule has 0 atom stereocenters. The van der Waals surface area contributed by atoms with Gasteiger partial charge in [0.1, 0.15) is 22.7 Å². The number of amides is 1. The SMILES string of the molecule is COC(=O)c1c(C)oc2cc(Br)c(OCC(N)=O)cc12. The van der Waals surface area contributed by atoms with Gasteiger partial charge in [-0.3, -0.25) is 4.79 Å². The van der Waals surface area contributed by atoms with Crippen LogP contribution in [0.2, 0.25) is 0 Å². The van der Waals surface area contributed by atoms with E-state index in [1.54, 1.807) is 19.1 Å². The number of halogens is 1. The highest BCUT2D eigenvalue weighted by Crippen LogP contribution is 2.35. The van der Waals surface area contributed by atoms with Crippen LogP contribution in [0, 0.1) is 6.92 Å². The Hall–Kier alpha value is -2.02. The van der Waals surface area contributed by atoms with Crippen LogP contribution in [0.25, 0.3) is 11.0 Å². The van der Waals surface area contributed by atoms with Crippen LogP contribution in [0.3, 0.4) is 0 Å². The van der Waals surface area contributed by atoms with Crippen molar-refractivity contribution < 1.29 is 23.5 Å². The van der Waals surface area contributed by atoms with Gasteiger partial charge in [-0.25, -0.2) is 4.79 Å². The van der Waals surface area contributed by atoms with Gasteiger partial charge in [0.25, 0.3) is 5.91 Å². The summed E-state index contributed by atoms with van der Waals surface area (Å²) in [6.45, 7) is 1.42. The molecule has 0 fully saturated rings. The van der Waals surface area contributed by atoms with Crippen LogP contribution >= 0.6 is 15.9 Å². The van der Waals surface area contributed by atoms with E-state index in [0.29, 0.717) is 32.5 Å². The smallest absolute Gasteiger partial charge is 0.342 e. The van der Waals surface area contributed by atoms with Gasteiger partial charge in [-0.05, 0) is 35.0 Å². The Labute approximate surface area is 122 Å². The minimum atomic E-state index is -0.589. The number of fused-ring (bicyclic) bond motifs is 1. The zero-order chi connectivity index (χ0) is 14.9. The number of methoxy groups -OCH3 is 1. The number of esters is 1. The Morgan fingerprint density at radius 3 is 2.70 bits per heavy atom. The Morgan fingerprint density at radius 2 is 2.10 bits per heavy atom. The van der Waals surface area contributed by atoms with E-state index in [9.17, 15) is 9.59 Å². The number of nitrogens with two attached hydrogens (primary N) is 1. The van der Waals surface area contributed by atoms with E-state index in [4.69, 9.17) is 19.6 Å². The lowest BCUT2D eigenvalue weighted by atomic mass is 10.1. The van der Waals surface area contributed by atoms with Crippen molar-refractivity contribution >= 4 is 38.8 Å². The van der Waals surface area contributed by atoms with Gasteiger partial charge in [0, 0.05) is 5.39 Å². The van der Waals surface area contributed by atoms with Crippen molar-refractivity contribution in [2.45, 2.75) is 6.92 Å². The molecule has 20 heavy (non-hydrogen) atoms. The highest BCUT2D eigenvalue weighted by molar-refractivity contribution is 9.10. The predicted molar refractivity (Wildman–Crippen MR) is 74.7 cm³/mol. The first-order valence-electron chi connectivity index (χ1n) is 5.66. The quantitative estimate of drug-likeness (QED) is 0.860. The van der Waals surface area contributed by atoms with Gasteiger partial charge in [-0.15, -0.1) is 0 Å². The summed E-state index contributed by atoms with van der Waals surface area (Å²) in [4.78, 5) is 22.5. The van der Waals surface area contributed by atoms with Gasteiger partial charge >= 0.3 is 5.97 Å². The van der Waals surface area contributed by atoms with Crippen LogP contribution in [0.4, 0.5) is 0 Å². The highest BCUT2D eigenvalue weighted by Gasteiger charge is 2.20. The van der Waals surface area contributed by atoms with Crippen LogP contribution < -0.4 is 10.5 Å². The third kappa shape index (κ3) is 2.62. The lowest BCUT2D eigenvalue weighted by molar-refractivity contribution is -0.119. The molecule has 0 aliphatic carbocycles. The monoisotopic (exact) mass is 341 g/mol. The normalized spacial score (nSPS) is 10.6. The van der Waals surface area contributed by atoms with E-state index in [1.165, 1.54) is 7.11 Å². The fourth-order valence-corrected chi connectivity index (χ4v) is 2.27. The van der Waals surface area contributed by atoms with E-state index in [0.717, 1.165) is 0 Å². The zero-order valence-corrected chi connectivity index (χ0v) is 12.4. The number of furan rings is 1. The maximum Gasteiger partial charge on any atom is 0.342 e. The van der Waals surface area contributed by atoms with Gasteiger partial charge in [-0.2, -0.15) is 0 Å². The molecule has 2 aromatic rings. The average molecular weight is 342 g/mol. The molecule has 7 heteroatoms. The third-order valence-electron chi connectivity index (χ3n) is 2.68. The summed E-state index contributed by atoms with van der Waals surface area (Å²) in [6.07, 6.45) is 0. The Kier molecular flexibility index (Phi) is 3.99. The zero-order valence-electron chi connectivity index (χ0n) is 10.9. The molecule has 0 aliphatic heterocycles. The fraction of sp³-hybridized carbons (Fsp3) is 0.231. The van der Waals surface area contributed by atoms with Gasteiger partial charge < -0.3 is 19.6 Å². The number of benzene rings is 1. The average Bonchev–Trinajstić information content (AvgIpc) is 2.70. The molecule has 0 spiro atoms. The molecule has 0 unspecified atom stereocenters. The number of hydrogen-bond donors (Lipinski definition) is 1.